The minimum atomic E-state index is -0.761. The molecule has 0 bridgehead atoms. The van der Waals surface area contributed by atoms with Gasteiger partial charge in [0.2, 0.25) is 0 Å². The van der Waals surface area contributed by atoms with Crippen molar-refractivity contribution in [2.24, 2.45) is 5.92 Å². The smallest absolute Gasteiger partial charge is 0.306 e. The molecular weight excluding hydrogens is 733 g/mol. The van der Waals surface area contributed by atoms with E-state index in [2.05, 4.69) is 27.7 Å². The molecule has 0 radical (unpaired) electrons. The molecule has 1 unspecified atom stereocenters. The molecule has 0 spiro atoms. The minimum absolute atomic E-state index is 0.0630. The second-order valence-electron chi connectivity index (χ2n) is 18.4. The third-order valence-corrected chi connectivity index (χ3v) is 12.4. The van der Waals surface area contributed by atoms with E-state index in [1.165, 1.54) is 193 Å². The number of esters is 3. The van der Waals surface area contributed by atoms with E-state index in [1.807, 2.05) is 0 Å². The Balaban J connectivity index is 4.31. The monoisotopic (exact) mass is 835 g/mol. The van der Waals surface area contributed by atoms with Gasteiger partial charge in [0.15, 0.2) is 6.10 Å². The second-order valence-corrected chi connectivity index (χ2v) is 18.4. The number of unbranched alkanes of at least 4 members (excludes halogenated alkanes) is 34. The summed E-state index contributed by atoms with van der Waals surface area (Å²) in [5, 5.41) is 0. The average molecular weight is 835 g/mol. The zero-order valence-corrected chi connectivity index (χ0v) is 40.2. The van der Waals surface area contributed by atoms with Gasteiger partial charge in [-0.25, -0.2) is 0 Å². The molecular formula is C53H102O6. The normalized spacial score (nSPS) is 12.4. The van der Waals surface area contributed by atoms with E-state index < -0.39 is 6.10 Å². The van der Waals surface area contributed by atoms with Gasteiger partial charge in [-0.1, -0.05) is 259 Å². The van der Waals surface area contributed by atoms with Crippen LogP contribution in [0.2, 0.25) is 0 Å². The zero-order valence-electron chi connectivity index (χ0n) is 40.2. The highest BCUT2D eigenvalue weighted by Crippen LogP contribution is 2.18. The Morgan fingerprint density at radius 3 is 0.881 bits per heavy atom. The molecule has 59 heavy (non-hydrogen) atoms. The van der Waals surface area contributed by atoms with E-state index >= 15 is 0 Å². The first-order valence-corrected chi connectivity index (χ1v) is 26.4. The van der Waals surface area contributed by atoms with Gasteiger partial charge in [0.1, 0.15) is 13.2 Å². The van der Waals surface area contributed by atoms with Crippen molar-refractivity contribution in [2.75, 3.05) is 13.2 Å². The standard InChI is InChI=1S/C53H102O6/c1-5-8-10-12-14-16-18-20-22-24-26-28-33-37-41-45-52(55)58-48-50(59-53(56)46-42-38-34-30-29-31-35-39-43-49(4)7-3)47-57-51(54)44-40-36-32-27-25-23-21-19-17-15-13-11-9-6-2/h49-50H,5-48H2,1-4H3/t49?,50-/m0/s1. The minimum Gasteiger partial charge on any atom is -0.462 e. The van der Waals surface area contributed by atoms with Crippen LogP contribution in [0.5, 0.6) is 0 Å². The SMILES string of the molecule is CCCCCCCCCCCCCCCCCC(=O)OC[C@H](COC(=O)CCCCCCCCCCCCCCCC)OC(=O)CCCCCCCCCCC(C)CC. The molecule has 0 fully saturated rings. The van der Waals surface area contributed by atoms with Gasteiger partial charge in [-0.2, -0.15) is 0 Å². The molecule has 0 saturated heterocycles. The van der Waals surface area contributed by atoms with Crippen LogP contribution in [0, 0.1) is 5.92 Å². The molecule has 0 amide bonds. The van der Waals surface area contributed by atoms with Gasteiger partial charge in [0.05, 0.1) is 0 Å². The van der Waals surface area contributed by atoms with Crippen molar-refractivity contribution < 1.29 is 28.6 Å². The number of carbonyl (C=O) groups is 3. The number of hydrogen-bond acceptors (Lipinski definition) is 6. The fraction of sp³-hybridized carbons (Fsp3) is 0.943. The summed E-state index contributed by atoms with van der Waals surface area (Å²) in [5.74, 6) is 0.000719. The molecule has 0 N–H and O–H groups in total. The number of hydrogen-bond donors (Lipinski definition) is 0. The van der Waals surface area contributed by atoms with E-state index in [4.69, 9.17) is 14.2 Å². The lowest BCUT2D eigenvalue weighted by Crippen LogP contribution is -2.30. The maximum Gasteiger partial charge on any atom is 0.306 e. The molecule has 0 rings (SSSR count). The van der Waals surface area contributed by atoms with Gasteiger partial charge in [-0.05, 0) is 25.2 Å². The van der Waals surface area contributed by atoms with E-state index in [0.29, 0.717) is 19.3 Å². The van der Waals surface area contributed by atoms with Crippen LogP contribution in [0.15, 0.2) is 0 Å². The molecule has 0 aliphatic heterocycles. The summed E-state index contributed by atoms with van der Waals surface area (Å²) in [5.41, 5.74) is 0. The van der Waals surface area contributed by atoms with Crippen LogP contribution < -0.4 is 0 Å². The summed E-state index contributed by atoms with van der Waals surface area (Å²) >= 11 is 0. The highest BCUT2D eigenvalue weighted by Gasteiger charge is 2.19. The predicted octanol–water partition coefficient (Wildman–Crippen LogP) is 17.1. The highest BCUT2D eigenvalue weighted by molar-refractivity contribution is 5.71. The summed E-state index contributed by atoms with van der Waals surface area (Å²) in [6, 6.07) is 0. The first kappa shape index (κ1) is 57.4. The molecule has 0 aromatic carbocycles. The van der Waals surface area contributed by atoms with E-state index in [-0.39, 0.29) is 31.1 Å². The van der Waals surface area contributed by atoms with Crippen molar-refractivity contribution in [1.82, 2.24) is 0 Å². The van der Waals surface area contributed by atoms with Crippen molar-refractivity contribution in [3.8, 4) is 0 Å². The van der Waals surface area contributed by atoms with Gasteiger partial charge in [0.25, 0.3) is 0 Å². The fourth-order valence-electron chi connectivity index (χ4n) is 8.01. The largest absolute Gasteiger partial charge is 0.462 e. The Bertz CT molecular complexity index is 889. The molecule has 0 aromatic rings. The van der Waals surface area contributed by atoms with Crippen LogP contribution in [0.4, 0.5) is 0 Å². The Morgan fingerprint density at radius 1 is 0.339 bits per heavy atom. The first-order valence-electron chi connectivity index (χ1n) is 26.4. The summed E-state index contributed by atoms with van der Waals surface area (Å²) in [4.78, 5) is 38.0. The van der Waals surface area contributed by atoms with E-state index in [9.17, 15) is 14.4 Å². The van der Waals surface area contributed by atoms with Crippen LogP contribution >= 0.6 is 0 Å². The van der Waals surface area contributed by atoms with E-state index in [1.54, 1.807) is 0 Å². The molecule has 350 valence electrons. The fourth-order valence-corrected chi connectivity index (χ4v) is 8.01. The summed E-state index contributed by atoms with van der Waals surface area (Å²) < 4.78 is 16.8. The van der Waals surface area contributed by atoms with Crippen LogP contribution in [-0.2, 0) is 28.6 Å². The predicted molar refractivity (Wildman–Crippen MR) is 252 cm³/mol. The molecule has 0 aliphatic rings. The summed E-state index contributed by atoms with van der Waals surface area (Å²) in [7, 11) is 0. The third-order valence-electron chi connectivity index (χ3n) is 12.4. The lowest BCUT2D eigenvalue weighted by molar-refractivity contribution is -0.167. The van der Waals surface area contributed by atoms with Crippen LogP contribution in [0.1, 0.15) is 297 Å². The zero-order chi connectivity index (χ0) is 43.1. The maximum atomic E-state index is 12.8. The van der Waals surface area contributed by atoms with Crippen LogP contribution in [-0.4, -0.2) is 37.2 Å². The van der Waals surface area contributed by atoms with Crippen molar-refractivity contribution in [3.63, 3.8) is 0 Å². The van der Waals surface area contributed by atoms with Crippen LogP contribution in [0.3, 0.4) is 0 Å². The van der Waals surface area contributed by atoms with Crippen LogP contribution in [0.25, 0.3) is 0 Å². The molecule has 2 atom stereocenters. The Labute approximate surface area is 368 Å². The summed E-state index contributed by atoms with van der Waals surface area (Å²) in [6.45, 7) is 9.04. The topological polar surface area (TPSA) is 78.9 Å². The van der Waals surface area contributed by atoms with Gasteiger partial charge in [-0.15, -0.1) is 0 Å². The van der Waals surface area contributed by atoms with Gasteiger partial charge in [-0.3, -0.25) is 14.4 Å². The van der Waals surface area contributed by atoms with Crippen molar-refractivity contribution >= 4 is 17.9 Å². The molecule has 6 nitrogen and oxygen atoms in total. The average Bonchev–Trinajstić information content (AvgIpc) is 3.23. The Kier molecular flexibility index (Phi) is 46.2. The second kappa shape index (κ2) is 47.5. The molecule has 0 aliphatic carbocycles. The number of ether oxygens (including phenoxy) is 3. The van der Waals surface area contributed by atoms with Gasteiger partial charge < -0.3 is 14.2 Å². The van der Waals surface area contributed by atoms with E-state index in [0.717, 1.165) is 63.7 Å². The highest BCUT2D eigenvalue weighted by atomic mass is 16.6. The molecule has 0 saturated carbocycles. The molecule has 6 heteroatoms. The molecule has 0 heterocycles. The summed E-state index contributed by atoms with van der Waals surface area (Å²) in [6.07, 6.45) is 49.4. The maximum absolute atomic E-state index is 12.8. The lowest BCUT2D eigenvalue weighted by atomic mass is 9.99. The first-order chi connectivity index (χ1) is 28.9. The van der Waals surface area contributed by atoms with Crippen molar-refractivity contribution in [2.45, 2.75) is 303 Å². The Hall–Kier alpha value is -1.59. The quantitative estimate of drug-likeness (QED) is 0.0345. The number of carbonyl (C=O) groups excluding carboxylic acids is 3. The lowest BCUT2D eigenvalue weighted by Gasteiger charge is -2.18. The Morgan fingerprint density at radius 2 is 0.593 bits per heavy atom. The molecule has 0 aromatic heterocycles. The van der Waals surface area contributed by atoms with Crippen molar-refractivity contribution in [1.29, 1.82) is 0 Å². The van der Waals surface area contributed by atoms with Gasteiger partial charge >= 0.3 is 17.9 Å². The van der Waals surface area contributed by atoms with Gasteiger partial charge in [0, 0.05) is 19.3 Å². The number of rotatable bonds is 48. The van der Waals surface area contributed by atoms with Crippen molar-refractivity contribution in [3.05, 3.63) is 0 Å². The third kappa shape index (κ3) is 45.8.